The minimum Gasteiger partial charge on any atom is -0.478 e. The standard InChI is InChI=1S/C18H21ClN4O2/c19-16-9-15(18(24)25)11-22-17(16)21-10-13-3-7-23(8-4-13)12-14-1-5-20-6-2-14/h1-2,5-6,9,11,13H,3-4,7-8,10,12H2,(H,21,22)(H,24,25). The van der Waals surface area contributed by atoms with Crippen molar-refractivity contribution in [2.45, 2.75) is 19.4 Å². The van der Waals surface area contributed by atoms with Gasteiger partial charge in [0.1, 0.15) is 5.82 Å². The molecule has 132 valence electrons. The molecule has 0 radical (unpaired) electrons. The van der Waals surface area contributed by atoms with E-state index in [1.54, 1.807) is 0 Å². The van der Waals surface area contributed by atoms with Crippen LogP contribution in [0.25, 0.3) is 0 Å². The summed E-state index contributed by atoms with van der Waals surface area (Å²) in [5.74, 6) is 0.0825. The number of nitrogens with one attached hydrogen (secondary N) is 1. The van der Waals surface area contributed by atoms with Crippen molar-refractivity contribution in [2.24, 2.45) is 5.92 Å². The van der Waals surface area contributed by atoms with Gasteiger partial charge in [0.25, 0.3) is 0 Å². The summed E-state index contributed by atoms with van der Waals surface area (Å²) in [7, 11) is 0. The molecule has 7 heteroatoms. The highest BCUT2D eigenvalue weighted by Gasteiger charge is 2.19. The van der Waals surface area contributed by atoms with Crippen LogP contribution in [0.2, 0.25) is 5.02 Å². The second-order valence-corrected chi connectivity index (χ2v) is 6.72. The lowest BCUT2D eigenvalue weighted by Crippen LogP contribution is -2.35. The second-order valence-electron chi connectivity index (χ2n) is 6.32. The van der Waals surface area contributed by atoms with Crippen LogP contribution in [0.5, 0.6) is 0 Å². The van der Waals surface area contributed by atoms with E-state index in [2.05, 4.69) is 32.3 Å². The maximum absolute atomic E-state index is 10.9. The van der Waals surface area contributed by atoms with E-state index in [0.717, 1.165) is 39.0 Å². The van der Waals surface area contributed by atoms with Gasteiger partial charge in [-0.3, -0.25) is 9.88 Å². The molecule has 0 saturated carbocycles. The lowest BCUT2D eigenvalue weighted by molar-refractivity contribution is 0.0696. The molecule has 2 aromatic rings. The SMILES string of the molecule is O=C(O)c1cnc(NCC2CCN(Cc3ccncc3)CC2)c(Cl)c1. The summed E-state index contributed by atoms with van der Waals surface area (Å²) in [6.45, 7) is 3.89. The van der Waals surface area contributed by atoms with Crippen LogP contribution >= 0.6 is 11.6 Å². The highest BCUT2D eigenvalue weighted by Crippen LogP contribution is 2.23. The molecule has 1 fully saturated rings. The predicted molar refractivity (Wildman–Crippen MR) is 96.9 cm³/mol. The smallest absolute Gasteiger partial charge is 0.337 e. The zero-order valence-corrected chi connectivity index (χ0v) is 14.6. The molecule has 0 bridgehead atoms. The van der Waals surface area contributed by atoms with Crippen LogP contribution in [-0.4, -0.2) is 45.6 Å². The summed E-state index contributed by atoms with van der Waals surface area (Å²) < 4.78 is 0. The Labute approximate surface area is 151 Å². The number of nitrogens with zero attached hydrogens (tertiary/aromatic N) is 3. The van der Waals surface area contributed by atoms with Gasteiger partial charge in [0.05, 0.1) is 10.6 Å². The zero-order chi connectivity index (χ0) is 17.6. The van der Waals surface area contributed by atoms with Crippen molar-refractivity contribution >= 4 is 23.4 Å². The van der Waals surface area contributed by atoms with Crippen molar-refractivity contribution < 1.29 is 9.90 Å². The summed E-state index contributed by atoms with van der Waals surface area (Å²) in [5, 5.41) is 12.5. The molecule has 3 rings (SSSR count). The van der Waals surface area contributed by atoms with Crippen molar-refractivity contribution in [2.75, 3.05) is 25.0 Å². The molecule has 1 aliphatic heterocycles. The number of hydrogen-bond acceptors (Lipinski definition) is 5. The lowest BCUT2D eigenvalue weighted by Gasteiger charge is -2.32. The highest BCUT2D eigenvalue weighted by atomic mass is 35.5. The number of aromatic nitrogens is 2. The van der Waals surface area contributed by atoms with Crippen molar-refractivity contribution in [3.8, 4) is 0 Å². The summed E-state index contributed by atoms with van der Waals surface area (Å²) in [4.78, 5) is 21.5. The number of pyridine rings is 2. The van der Waals surface area contributed by atoms with Crippen LogP contribution < -0.4 is 5.32 Å². The molecule has 1 aliphatic rings. The number of piperidine rings is 1. The minimum atomic E-state index is -1.03. The number of carboxylic acid groups (broad SMARTS) is 1. The molecule has 0 amide bonds. The van der Waals surface area contributed by atoms with E-state index in [-0.39, 0.29) is 5.56 Å². The predicted octanol–water partition coefficient (Wildman–Crippen LogP) is 3.15. The van der Waals surface area contributed by atoms with Crippen LogP contribution in [0.1, 0.15) is 28.8 Å². The Bertz CT molecular complexity index is 718. The first-order valence-electron chi connectivity index (χ1n) is 8.36. The van der Waals surface area contributed by atoms with Crippen molar-refractivity contribution in [3.05, 3.63) is 52.9 Å². The van der Waals surface area contributed by atoms with Gasteiger partial charge in [0, 0.05) is 31.7 Å². The monoisotopic (exact) mass is 360 g/mol. The Kier molecular flexibility index (Phi) is 5.83. The summed E-state index contributed by atoms with van der Waals surface area (Å²) in [6.07, 6.45) is 7.22. The Morgan fingerprint density at radius 3 is 2.68 bits per heavy atom. The van der Waals surface area contributed by atoms with Crippen LogP contribution in [-0.2, 0) is 6.54 Å². The molecule has 1 saturated heterocycles. The minimum absolute atomic E-state index is 0.0972. The average Bonchev–Trinajstić information content (AvgIpc) is 2.62. The molecule has 3 heterocycles. The van der Waals surface area contributed by atoms with Crippen LogP contribution in [0.4, 0.5) is 5.82 Å². The van der Waals surface area contributed by atoms with Crippen molar-refractivity contribution in [3.63, 3.8) is 0 Å². The van der Waals surface area contributed by atoms with Crippen molar-refractivity contribution in [1.82, 2.24) is 14.9 Å². The number of halogens is 1. The van der Waals surface area contributed by atoms with E-state index in [4.69, 9.17) is 16.7 Å². The first-order chi connectivity index (χ1) is 12.1. The molecule has 2 aromatic heterocycles. The Balaban J connectivity index is 1.46. The number of rotatable bonds is 6. The number of hydrogen-bond donors (Lipinski definition) is 2. The fraction of sp³-hybridized carbons (Fsp3) is 0.389. The molecule has 0 aliphatic carbocycles. The summed E-state index contributed by atoms with van der Waals surface area (Å²) in [6, 6.07) is 5.54. The highest BCUT2D eigenvalue weighted by molar-refractivity contribution is 6.33. The Morgan fingerprint density at radius 1 is 1.32 bits per heavy atom. The van der Waals surface area contributed by atoms with Gasteiger partial charge in [-0.05, 0) is 55.6 Å². The first kappa shape index (κ1) is 17.6. The normalized spacial score (nSPS) is 15.9. The van der Waals surface area contributed by atoms with Crippen molar-refractivity contribution in [1.29, 1.82) is 0 Å². The Hall–Kier alpha value is -2.18. The molecular formula is C18H21ClN4O2. The quantitative estimate of drug-likeness (QED) is 0.823. The van der Waals surface area contributed by atoms with Gasteiger partial charge in [-0.25, -0.2) is 9.78 Å². The third-order valence-electron chi connectivity index (χ3n) is 4.51. The second kappa shape index (κ2) is 8.27. The lowest BCUT2D eigenvalue weighted by atomic mass is 9.96. The van der Waals surface area contributed by atoms with E-state index in [9.17, 15) is 4.79 Å². The molecule has 6 nitrogen and oxygen atoms in total. The molecule has 0 atom stereocenters. The molecule has 0 spiro atoms. The summed E-state index contributed by atoms with van der Waals surface area (Å²) >= 11 is 6.10. The summed E-state index contributed by atoms with van der Waals surface area (Å²) in [5.41, 5.74) is 1.39. The molecule has 0 unspecified atom stereocenters. The number of aromatic carboxylic acids is 1. The van der Waals surface area contributed by atoms with Crippen LogP contribution in [0.3, 0.4) is 0 Å². The maximum Gasteiger partial charge on any atom is 0.337 e. The van der Waals surface area contributed by atoms with Crippen LogP contribution in [0.15, 0.2) is 36.8 Å². The molecule has 25 heavy (non-hydrogen) atoms. The fourth-order valence-corrected chi connectivity index (χ4v) is 3.25. The topological polar surface area (TPSA) is 78.3 Å². The van der Waals surface area contributed by atoms with E-state index in [0.29, 0.717) is 16.8 Å². The van der Waals surface area contributed by atoms with E-state index < -0.39 is 5.97 Å². The maximum atomic E-state index is 10.9. The van der Waals surface area contributed by atoms with Gasteiger partial charge in [-0.1, -0.05) is 11.6 Å². The van der Waals surface area contributed by atoms with E-state index in [1.165, 1.54) is 17.8 Å². The fourth-order valence-electron chi connectivity index (χ4n) is 3.02. The third-order valence-corrected chi connectivity index (χ3v) is 4.80. The third kappa shape index (κ3) is 4.90. The molecule has 2 N–H and O–H groups in total. The van der Waals surface area contributed by atoms with Crippen LogP contribution in [0, 0.1) is 5.92 Å². The Morgan fingerprint density at radius 2 is 2.04 bits per heavy atom. The van der Waals surface area contributed by atoms with Gasteiger partial charge in [-0.2, -0.15) is 0 Å². The van der Waals surface area contributed by atoms with Gasteiger partial charge in [0.15, 0.2) is 0 Å². The zero-order valence-electron chi connectivity index (χ0n) is 13.9. The van der Waals surface area contributed by atoms with Gasteiger partial charge in [-0.15, -0.1) is 0 Å². The van der Waals surface area contributed by atoms with Gasteiger partial charge in [0.2, 0.25) is 0 Å². The van der Waals surface area contributed by atoms with Gasteiger partial charge >= 0.3 is 5.97 Å². The largest absolute Gasteiger partial charge is 0.478 e. The first-order valence-corrected chi connectivity index (χ1v) is 8.73. The number of anilines is 1. The van der Waals surface area contributed by atoms with E-state index in [1.807, 2.05) is 12.4 Å². The van der Waals surface area contributed by atoms with E-state index >= 15 is 0 Å². The number of carboxylic acids is 1. The van der Waals surface area contributed by atoms with Gasteiger partial charge < -0.3 is 10.4 Å². The average molecular weight is 361 g/mol. The molecule has 0 aromatic carbocycles. The molecular weight excluding hydrogens is 340 g/mol. The number of carbonyl (C=O) groups is 1. The number of likely N-dealkylation sites (tertiary alicyclic amines) is 1.